The average molecular weight is 444 g/mol. The number of benzene rings is 1. The third-order valence-corrected chi connectivity index (χ3v) is 6.16. The first kappa shape index (κ1) is 20.7. The summed E-state index contributed by atoms with van der Waals surface area (Å²) in [5.41, 5.74) is 3.48. The smallest absolute Gasteiger partial charge is 0.250 e. The molecule has 1 aliphatic rings. The summed E-state index contributed by atoms with van der Waals surface area (Å²) in [5.74, 6) is 1.37. The average Bonchev–Trinajstić information content (AvgIpc) is 3.43. The first-order valence-electron chi connectivity index (χ1n) is 9.90. The van der Waals surface area contributed by atoms with Crippen LogP contribution in [0.5, 0.6) is 0 Å². The molecule has 1 amide bonds. The zero-order valence-corrected chi connectivity index (χ0v) is 17.9. The van der Waals surface area contributed by atoms with Gasteiger partial charge in [-0.2, -0.15) is 5.10 Å². The van der Waals surface area contributed by atoms with Crippen LogP contribution >= 0.6 is 23.4 Å². The molecule has 2 aromatic heterocycles. The Kier molecular flexibility index (Phi) is 6.86. The lowest BCUT2D eigenvalue weighted by molar-refractivity contribution is -0.118. The van der Waals surface area contributed by atoms with Crippen molar-refractivity contribution in [3.05, 3.63) is 53.4 Å². The fourth-order valence-electron chi connectivity index (χ4n) is 3.53. The Morgan fingerprint density at radius 1 is 1.23 bits per heavy atom. The SMILES string of the molecule is O=C(CSc1nnc(-c2ccc(Cl)cc2)n1C1CCCCC1)N/N=C/c1ccco1. The van der Waals surface area contributed by atoms with Gasteiger partial charge in [0.2, 0.25) is 0 Å². The van der Waals surface area contributed by atoms with Gasteiger partial charge in [-0.25, -0.2) is 5.43 Å². The molecule has 4 rings (SSSR count). The molecule has 2 heterocycles. The molecule has 0 aliphatic heterocycles. The molecule has 0 spiro atoms. The van der Waals surface area contributed by atoms with E-state index >= 15 is 0 Å². The number of furan rings is 1. The number of hydrogen-bond acceptors (Lipinski definition) is 6. The lowest BCUT2D eigenvalue weighted by Gasteiger charge is -2.25. The van der Waals surface area contributed by atoms with Crippen molar-refractivity contribution in [2.45, 2.75) is 43.3 Å². The van der Waals surface area contributed by atoms with E-state index in [-0.39, 0.29) is 11.7 Å². The maximum absolute atomic E-state index is 12.2. The Labute approximate surface area is 183 Å². The van der Waals surface area contributed by atoms with E-state index in [0.717, 1.165) is 29.4 Å². The number of carbonyl (C=O) groups is 1. The lowest BCUT2D eigenvalue weighted by atomic mass is 9.95. The second-order valence-electron chi connectivity index (χ2n) is 7.07. The largest absolute Gasteiger partial charge is 0.463 e. The van der Waals surface area contributed by atoms with E-state index in [1.807, 2.05) is 24.3 Å². The molecule has 7 nitrogen and oxygen atoms in total. The number of hydrazone groups is 1. The van der Waals surface area contributed by atoms with Gasteiger partial charge in [0.05, 0.1) is 18.2 Å². The second-order valence-corrected chi connectivity index (χ2v) is 8.45. The Balaban J connectivity index is 1.48. The van der Waals surface area contributed by atoms with E-state index in [9.17, 15) is 4.79 Å². The van der Waals surface area contributed by atoms with Gasteiger partial charge in [0, 0.05) is 16.6 Å². The number of halogens is 1. The van der Waals surface area contributed by atoms with Crippen LogP contribution in [0.15, 0.2) is 57.3 Å². The van der Waals surface area contributed by atoms with Crippen LogP contribution < -0.4 is 5.43 Å². The highest BCUT2D eigenvalue weighted by molar-refractivity contribution is 7.99. The summed E-state index contributed by atoms with van der Waals surface area (Å²) in [7, 11) is 0. The van der Waals surface area contributed by atoms with Crippen LogP contribution in [0.4, 0.5) is 0 Å². The van der Waals surface area contributed by atoms with Crippen molar-refractivity contribution in [1.82, 2.24) is 20.2 Å². The highest BCUT2D eigenvalue weighted by atomic mass is 35.5. The van der Waals surface area contributed by atoms with Crippen LogP contribution in [-0.2, 0) is 4.79 Å². The van der Waals surface area contributed by atoms with Crippen LogP contribution in [0.2, 0.25) is 5.02 Å². The zero-order valence-electron chi connectivity index (χ0n) is 16.3. The predicted molar refractivity (Wildman–Crippen MR) is 118 cm³/mol. The van der Waals surface area contributed by atoms with Crippen LogP contribution in [0.1, 0.15) is 43.9 Å². The summed E-state index contributed by atoms with van der Waals surface area (Å²) in [5, 5.41) is 14.2. The van der Waals surface area contributed by atoms with Gasteiger partial charge in [-0.15, -0.1) is 10.2 Å². The molecule has 0 atom stereocenters. The fraction of sp³-hybridized carbons (Fsp3) is 0.333. The van der Waals surface area contributed by atoms with E-state index < -0.39 is 0 Å². The molecular formula is C21H22ClN5O2S. The van der Waals surface area contributed by atoms with Gasteiger partial charge in [0.25, 0.3) is 5.91 Å². The molecule has 3 aromatic rings. The summed E-state index contributed by atoms with van der Waals surface area (Å²) >= 11 is 7.41. The number of nitrogens with one attached hydrogen (secondary N) is 1. The zero-order chi connectivity index (χ0) is 20.8. The Bertz CT molecular complexity index is 995. The first-order valence-corrected chi connectivity index (χ1v) is 11.3. The first-order chi connectivity index (χ1) is 14.7. The van der Waals surface area contributed by atoms with Crippen molar-refractivity contribution in [2.75, 3.05) is 5.75 Å². The van der Waals surface area contributed by atoms with Crippen LogP contribution in [-0.4, -0.2) is 32.6 Å². The van der Waals surface area contributed by atoms with Gasteiger partial charge in [0.1, 0.15) is 5.76 Å². The van der Waals surface area contributed by atoms with E-state index in [2.05, 4.69) is 25.3 Å². The quantitative estimate of drug-likeness (QED) is 0.317. The van der Waals surface area contributed by atoms with Crippen molar-refractivity contribution in [3.63, 3.8) is 0 Å². The van der Waals surface area contributed by atoms with Crippen LogP contribution in [0, 0.1) is 0 Å². The van der Waals surface area contributed by atoms with E-state index in [1.54, 1.807) is 18.4 Å². The number of aromatic nitrogens is 3. The van der Waals surface area contributed by atoms with Gasteiger partial charge < -0.3 is 4.42 Å². The number of nitrogens with zero attached hydrogens (tertiary/aromatic N) is 4. The summed E-state index contributed by atoms with van der Waals surface area (Å²) < 4.78 is 7.33. The minimum absolute atomic E-state index is 0.195. The molecule has 1 aromatic carbocycles. The van der Waals surface area contributed by atoms with Crippen molar-refractivity contribution in [3.8, 4) is 11.4 Å². The minimum Gasteiger partial charge on any atom is -0.463 e. The van der Waals surface area contributed by atoms with Crippen molar-refractivity contribution < 1.29 is 9.21 Å². The minimum atomic E-state index is -0.214. The molecule has 1 fully saturated rings. The van der Waals surface area contributed by atoms with Crippen molar-refractivity contribution in [1.29, 1.82) is 0 Å². The number of amides is 1. The number of hydrogen-bond donors (Lipinski definition) is 1. The van der Waals surface area contributed by atoms with Gasteiger partial charge in [-0.3, -0.25) is 9.36 Å². The Morgan fingerprint density at radius 3 is 2.77 bits per heavy atom. The molecule has 0 radical (unpaired) electrons. The Morgan fingerprint density at radius 2 is 2.03 bits per heavy atom. The Hall–Kier alpha value is -2.58. The van der Waals surface area contributed by atoms with Gasteiger partial charge in [0.15, 0.2) is 11.0 Å². The normalized spacial score (nSPS) is 15.0. The maximum atomic E-state index is 12.2. The molecule has 9 heteroatoms. The highest BCUT2D eigenvalue weighted by Crippen LogP contribution is 2.35. The monoisotopic (exact) mass is 443 g/mol. The van der Waals surface area contributed by atoms with Crippen LogP contribution in [0.3, 0.4) is 0 Å². The molecule has 1 N–H and O–H groups in total. The number of thioether (sulfide) groups is 1. The van der Waals surface area contributed by atoms with Gasteiger partial charge in [-0.1, -0.05) is 42.6 Å². The van der Waals surface area contributed by atoms with E-state index in [4.69, 9.17) is 16.0 Å². The number of carbonyl (C=O) groups excluding carboxylic acids is 1. The predicted octanol–water partition coefficient (Wildman–Crippen LogP) is 4.94. The molecule has 30 heavy (non-hydrogen) atoms. The molecule has 156 valence electrons. The lowest BCUT2D eigenvalue weighted by Crippen LogP contribution is -2.20. The van der Waals surface area contributed by atoms with Crippen molar-refractivity contribution in [2.24, 2.45) is 5.10 Å². The van der Waals surface area contributed by atoms with Gasteiger partial charge >= 0.3 is 0 Å². The highest BCUT2D eigenvalue weighted by Gasteiger charge is 2.24. The fourth-order valence-corrected chi connectivity index (χ4v) is 4.46. The third-order valence-electron chi connectivity index (χ3n) is 4.96. The molecular weight excluding hydrogens is 422 g/mol. The van der Waals surface area contributed by atoms with E-state index in [1.165, 1.54) is 37.2 Å². The summed E-state index contributed by atoms with van der Waals surface area (Å²) in [4.78, 5) is 12.2. The summed E-state index contributed by atoms with van der Waals surface area (Å²) in [6, 6.07) is 11.5. The number of rotatable bonds is 7. The third kappa shape index (κ3) is 5.12. The molecule has 1 saturated carbocycles. The summed E-state index contributed by atoms with van der Waals surface area (Å²) in [6.45, 7) is 0. The van der Waals surface area contributed by atoms with Crippen LogP contribution in [0.25, 0.3) is 11.4 Å². The van der Waals surface area contributed by atoms with Gasteiger partial charge in [-0.05, 0) is 49.2 Å². The van der Waals surface area contributed by atoms with Crippen molar-refractivity contribution >= 4 is 35.5 Å². The standard InChI is InChI=1S/C21H22ClN5O2S/c22-16-10-8-15(9-11-16)20-25-26-21(27(20)17-5-2-1-3-6-17)30-14-19(28)24-23-13-18-7-4-12-29-18/h4,7-13,17H,1-3,5-6,14H2,(H,24,28)/b23-13+. The molecule has 0 unspecified atom stereocenters. The van der Waals surface area contributed by atoms with E-state index in [0.29, 0.717) is 16.8 Å². The molecule has 0 bridgehead atoms. The second kappa shape index (κ2) is 9.95. The summed E-state index contributed by atoms with van der Waals surface area (Å²) in [6.07, 6.45) is 8.83. The molecule has 1 aliphatic carbocycles. The molecule has 0 saturated heterocycles. The maximum Gasteiger partial charge on any atom is 0.250 e. The topological polar surface area (TPSA) is 85.3 Å².